The monoisotopic (exact) mass is 294 g/mol. The minimum atomic E-state index is -3.39. The van der Waals surface area contributed by atoms with Crippen LogP contribution in [0.5, 0.6) is 0 Å². The number of H-pyrrole nitrogens is 1. The van der Waals surface area contributed by atoms with Crippen molar-refractivity contribution in [2.75, 3.05) is 7.05 Å². The van der Waals surface area contributed by atoms with Crippen molar-refractivity contribution >= 4 is 10.0 Å². The van der Waals surface area contributed by atoms with Gasteiger partial charge in [0.1, 0.15) is 0 Å². The third-order valence-corrected chi connectivity index (χ3v) is 4.87. The van der Waals surface area contributed by atoms with Gasteiger partial charge < -0.3 is 5.73 Å². The van der Waals surface area contributed by atoms with E-state index in [0.717, 1.165) is 16.7 Å². The maximum Gasteiger partial charge on any atom is 0.218 e. The maximum absolute atomic E-state index is 12.3. The van der Waals surface area contributed by atoms with E-state index in [0.29, 0.717) is 13.1 Å². The summed E-state index contributed by atoms with van der Waals surface area (Å²) in [6.45, 7) is 0.626. The minimum absolute atomic E-state index is 0.0469. The summed E-state index contributed by atoms with van der Waals surface area (Å²) in [5.41, 5.74) is 8.06. The van der Waals surface area contributed by atoms with Crippen molar-refractivity contribution in [1.82, 2.24) is 14.5 Å². The summed E-state index contributed by atoms with van der Waals surface area (Å²) in [6.07, 6.45) is 3.29. The van der Waals surface area contributed by atoms with E-state index in [4.69, 9.17) is 5.73 Å². The van der Waals surface area contributed by atoms with E-state index < -0.39 is 10.0 Å². The molecule has 0 amide bonds. The lowest BCUT2D eigenvalue weighted by Crippen LogP contribution is -2.28. The predicted molar refractivity (Wildman–Crippen MR) is 77.0 cm³/mol. The van der Waals surface area contributed by atoms with E-state index in [1.54, 1.807) is 25.5 Å². The summed E-state index contributed by atoms with van der Waals surface area (Å²) in [7, 11) is -1.82. The Morgan fingerprint density at radius 2 is 2.00 bits per heavy atom. The Balaban J connectivity index is 2.14. The van der Waals surface area contributed by atoms with Crippen LogP contribution in [0.3, 0.4) is 0 Å². The summed E-state index contributed by atoms with van der Waals surface area (Å²) in [6, 6.07) is 7.32. The number of aromatic nitrogens is 2. The molecule has 0 fully saturated rings. The van der Waals surface area contributed by atoms with Gasteiger partial charge in [-0.25, -0.2) is 12.7 Å². The van der Waals surface area contributed by atoms with Gasteiger partial charge in [0, 0.05) is 31.9 Å². The van der Waals surface area contributed by atoms with Gasteiger partial charge in [-0.2, -0.15) is 5.10 Å². The molecule has 0 aliphatic heterocycles. The van der Waals surface area contributed by atoms with Crippen LogP contribution in [0.2, 0.25) is 0 Å². The second kappa shape index (κ2) is 6.17. The molecule has 1 aromatic carbocycles. The summed E-state index contributed by atoms with van der Waals surface area (Å²) >= 11 is 0. The third-order valence-electron chi connectivity index (χ3n) is 3.11. The Morgan fingerprint density at radius 1 is 1.30 bits per heavy atom. The van der Waals surface area contributed by atoms with Gasteiger partial charge in [-0.3, -0.25) is 5.10 Å². The highest BCUT2D eigenvalue weighted by molar-refractivity contribution is 7.88. The molecule has 0 saturated heterocycles. The van der Waals surface area contributed by atoms with E-state index in [-0.39, 0.29) is 5.75 Å². The standard InChI is InChI=1S/C13H18N4O2S/c1-17(9-11-7-15-16-8-11)20(18,19)10-13-5-3-2-4-12(13)6-14/h2-5,7-8H,6,9-10,14H2,1H3,(H,15,16). The normalized spacial score (nSPS) is 11.9. The number of nitrogens with zero attached hydrogens (tertiary/aromatic N) is 2. The first-order valence-corrected chi connectivity index (χ1v) is 7.82. The maximum atomic E-state index is 12.3. The Morgan fingerprint density at radius 3 is 2.60 bits per heavy atom. The molecule has 0 radical (unpaired) electrons. The van der Waals surface area contributed by atoms with Crippen LogP contribution >= 0.6 is 0 Å². The van der Waals surface area contributed by atoms with Gasteiger partial charge >= 0.3 is 0 Å². The SMILES string of the molecule is CN(Cc1cn[nH]c1)S(=O)(=O)Cc1ccccc1CN. The zero-order chi connectivity index (χ0) is 14.6. The van der Waals surface area contributed by atoms with Crippen LogP contribution in [0.15, 0.2) is 36.7 Å². The smallest absolute Gasteiger partial charge is 0.218 e. The van der Waals surface area contributed by atoms with Crippen molar-refractivity contribution < 1.29 is 8.42 Å². The number of hydrogen-bond donors (Lipinski definition) is 2. The molecule has 1 aromatic heterocycles. The van der Waals surface area contributed by atoms with E-state index in [9.17, 15) is 8.42 Å². The summed E-state index contributed by atoms with van der Waals surface area (Å²) in [5.74, 6) is -0.0469. The molecule has 1 heterocycles. The van der Waals surface area contributed by atoms with E-state index in [1.807, 2.05) is 18.2 Å². The number of aromatic amines is 1. The molecule has 0 aliphatic rings. The molecule has 0 atom stereocenters. The molecule has 7 heteroatoms. The van der Waals surface area contributed by atoms with Crippen LogP contribution in [0.25, 0.3) is 0 Å². The predicted octanol–water partition coefficient (Wildman–Crippen LogP) is 0.830. The average Bonchev–Trinajstić information content (AvgIpc) is 2.92. The van der Waals surface area contributed by atoms with Crippen molar-refractivity contribution in [2.24, 2.45) is 5.73 Å². The molecule has 0 aliphatic carbocycles. The fraction of sp³-hybridized carbons (Fsp3) is 0.308. The molecule has 2 rings (SSSR count). The molecule has 2 aromatic rings. The topological polar surface area (TPSA) is 92.1 Å². The van der Waals surface area contributed by atoms with Crippen molar-refractivity contribution in [3.05, 3.63) is 53.3 Å². The minimum Gasteiger partial charge on any atom is -0.326 e. The summed E-state index contributed by atoms with van der Waals surface area (Å²) in [5, 5.41) is 6.47. The van der Waals surface area contributed by atoms with Crippen LogP contribution in [0.4, 0.5) is 0 Å². The number of nitrogens with two attached hydrogens (primary N) is 1. The van der Waals surface area contributed by atoms with Crippen LogP contribution in [0, 0.1) is 0 Å². The molecule has 20 heavy (non-hydrogen) atoms. The van der Waals surface area contributed by atoms with Crippen LogP contribution in [0.1, 0.15) is 16.7 Å². The number of benzene rings is 1. The number of nitrogens with one attached hydrogen (secondary N) is 1. The Kier molecular flexibility index (Phi) is 4.53. The number of rotatable bonds is 6. The van der Waals surface area contributed by atoms with E-state index >= 15 is 0 Å². The first-order valence-electron chi connectivity index (χ1n) is 6.21. The van der Waals surface area contributed by atoms with Crippen LogP contribution < -0.4 is 5.73 Å². The second-order valence-electron chi connectivity index (χ2n) is 4.59. The Bertz CT molecular complexity index is 653. The van der Waals surface area contributed by atoms with Gasteiger partial charge in [0.15, 0.2) is 0 Å². The lowest BCUT2D eigenvalue weighted by Gasteiger charge is -2.17. The first kappa shape index (κ1) is 14.7. The molecule has 108 valence electrons. The molecule has 6 nitrogen and oxygen atoms in total. The molecule has 0 saturated carbocycles. The molecule has 0 unspecified atom stereocenters. The molecule has 3 N–H and O–H groups in total. The molecular weight excluding hydrogens is 276 g/mol. The zero-order valence-corrected chi connectivity index (χ0v) is 12.1. The van der Waals surface area contributed by atoms with Crippen LogP contribution in [-0.2, 0) is 28.9 Å². The van der Waals surface area contributed by atoms with Gasteiger partial charge in [0.2, 0.25) is 10.0 Å². The summed E-state index contributed by atoms with van der Waals surface area (Å²) in [4.78, 5) is 0. The van der Waals surface area contributed by atoms with Crippen molar-refractivity contribution in [1.29, 1.82) is 0 Å². The Hall–Kier alpha value is -1.70. The van der Waals surface area contributed by atoms with Crippen LogP contribution in [-0.4, -0.2) is 30.0 Å². The van der Waals surface area contributed by atoms with Gasteiger partial charge in [-0.1, -0.05) is 24.3 Å². The highest BCUT2D eigenvalue weighted by atomic mass is 32.2. The zero-order valence-electron chi connectivity index (χ0n) is 11.3. The third kappa shape index (κ3) is 3.44. The second-order valence-corrected chi connectivity index (χ2v) is 6.67. The van der Waals surface area contributed by atoms with E-state index in [1.165, 1.54) is 4.31 Å². The van der Waals surface area contributed by atoms with Crippen molar-refractivity contribution in [3.63, 3.8) is 0 Å². The van der Waals surface area contributed by atoms with Gasteiger partial charge in [0.05, 0.1) is 11.9 Å². The van der Waals surface area contributed by atoms with Gasteiger partial charge in [-0.05, 0) is 11.1 Å². The van der Waals surface area contributed by atoms with Gasteiger partial charge in [0.25, 0.3) is 0 Å². The fourth-order valence-electron chi connectivity index (χ4n) is 1.92. The number of sulfonamides is 1. The number of hydrogen-bond acceptors (Lipinski definition) is 4. The van der Waals surface area contributed by atoms with Gasteiger partial charge in [-0.15, -0.1) is 0 Å². The quantitative estimate of drug-likeness (QED) is 0.825. The first-order chi connectivity index (χ1) is 9.53. The van der Waals surface area contributed by atoms with Crippen molar-refractivity contribution in [3.8, 4) is 0 Å². The largest absolute Gasteiger partial charge is 0.326 e. The molecule has 0 bridgehead atoms. The highest BCUT2D eigenvalue weighted by Gasteiger charge is 2.20. The Labute approximate surface area is 118 Å². The lowest BCUT2D eigenvalue weighted by atomic mass is 10.1. The molecule has 0 spiro atoms. The highest BCUT2D eigenvalue weighted by Crippen LogP contribution is 2.15. The van der Waals surface area contributed by atoms with Crippen molar-refractivity contribution in [2.45, 2.75) is 18.8 Å². The summed E-state index contributed by atoms with van der Waals surface area (Å²) < 4.78 is 26.0. The molecular formula is C13H18N4O2S. The van der Waals surface area contributed by atoms with E-state index in [2.05, 4.69) is 10.2 Å². The lowest BCUT2D eigenvalue weighted by molar-refractivity contribution is 0.466. The average molecular weight is 294 g/mol. The fourth-order valence-corrected chi connectivity index (χ4v) is 3.16.